The number of aliphatic hydroxyl groups excluding tert-OH is 1. The molecule has 40 heavy (non-hydrogen) atoms. The molecule has 1 aliphatic rings. The number of aliphatic hydroxyl groups is 1. The fourth-order valence-electron chi connectivity index (χ4n) is 5.10. The maximum absolute atomic E-state index is 13.3. The highest BCUT2D eigenvalue weighted by Gasteiger charge is 2.27. The largest absolute Gasteiger partial charge is 0.392 e. The van der Waals surface area contributed by atoms with E-state index in [9.17, 15) is 9.90 Å². The molecule has 1 unspecified atom stereocenters. The van der Waals surface area contributed by atoms with Crippen LogP contribution in [0.4, 0.5) is 11.6 Å². The van der Waals surface area contributed by atoms with Crippen molar-refractivity contribution < 1.29 is 9.90 Å². The van der Waals surface area contributed by atoms with Gasteiger partial charge in [-0.3, -0.25) is 14.4 Å². The number of carbonyl (C=O) groups excluding carboxylic acids is 1. The van der Waals surface area contributed by atoms with Gasteiger partial charge < -0.3 is 10.4 Å². The quantitative estimate of drug-likeness (QED) is 0.318. The minimum atomic E-state index is -0.444. The van der Waals surface area contributed by atoms with Crippen molar-refractivity contribution in [2.75, 3.05) is 18.4 Å². The van der Waals surface area contributed by atoms with E-state index in [1.165, 1.54) is 0 Å². The summed E-state index contributed by atoms with van der Waals surface area (Å²) in [5.41, 5.74) is 5.00. The van der Waals surface area contributed by atoms with Gasteiger partial charge in [-0.25, -0.2) is 14.6 Å². The summed E-state index contributed by atoms with van der Waals surface area (Å²) >= 11 is 0. The van der Waals surface area contributed by atoms with E-state index in [1.807, 2.05) is 40.1 Å². The number of aryl methyl sites for hydroxylation is 1. The van der Waals surface area contributed by atoms with E-state index in [0.29, 0.717) is 31.2 Å². The molecule has 2 atom stereocenters. The van der Waals surface area contributed by atoms with E-state index in [0.717, 1.165) is 41.0 Å². The summed E-state index contributed by atoms with van der Waals surface area (Å²) in [7, 11) is 1.86. The molecule has 11 heteroatoms. The fraction of sp³-hybridized carbons (Fsp3) is 0.448. The number of rotatable bonds is 8. The zero-order valence-corrected chi connectivity index (χ0v) is 23.7. The summed E-state index contributed by atoms with van der Waals surface area (Å²) in [4.78, 5) is 24.7. The first-order valence-electron chi connectivity index (χ1n) is 13.6. The summed E-state index contributed by atoms with van der Waals surface area (Å²) in [5.74, 6) is 0.507. The maximum Gasteiger partial charge on any atom is 0.227 e. The van der Waals surface area contributed by atoms with Crippen molar-refractivity contribution in [1.82, 2.24) is 39.6 Å². The molecular weight excluding hydrogens is 506 g/mol. The number of nitrogens with zero attached hydrogens (tertiary/aromatic N) is 8. The zero-order chi connectivity index (χ0) is 28.4. The maximum atomic E-state index is 13.3. The summed E-state index contributed by atoms with van der Waals surface area (Å²) < 4.78 is 3.45. The van der Waals surface area contributed by atoms with Crippen LogP contribution in [0.15, 0.2) is 49.1 Å². The Bertz CT molecular complexity index is 1480. The minimum absolute atomic E-state index is 0.0126. The van der Waals surface area contributed by atoms with Gasteiger partial charge in [0.25, 0.3) is 0 Å². The van der Waals surface area contributed by atoms with Crippen LogP contribution in [0.3, 0.4) is 0 Å². The van der Waals surface area contributed by atoms with Gasteiger partial charge in [0.05, 0.1) is 35.4 Å². The third kappa shape index (κ3) is 6.43. The fourth-order valence-corrected chi connectivity index (χ4v) is 5.10. The molecule has 0 amide bonds. The Morgan fingerprint density at radius 1 is 1.23 bits per heavy atom. The summed E-state index contributed by atoms with van der Waals surface area (Å²) in [6.07, 6.45) is 7.78. The molecule has 1 aromatic carbocycles. The van der Waals surface area contributed by atoms with Crippen molar-refractivity contribution in [3.8, 4) is 11.3 Å². The Labute approximate surface area is 234 Å². The van der Waals surface area contributed by atoms with Crippen LogP contribution in [-0.4, -0.2) is 69.7 Å². The van der Waals surface area contributed by atoms with Crippen LogP contribution in [0.5, 0.6) is 0 Å². The monoisotopic (exact) mass is 543 g/mol. The topological polar surface area (TPSA) is 127 Å². The number of anilines is 2. The van der Waals surface area contributed by atoms with Crippen LogP contribution in [0, 0.1) is 0 Å². The van der Waals surface area contributed by atoms with Crippen molar-refractivity contribution in [2.24, 2.45) is 7.05 Å². The van der Waals surface area contributed by atoms with Crippen molar-refractivity contribution in [2.45, 2.75) is 64.6 Å². The van der Waals surface area contributed by atoms with Crippen molar-refractivity contribution in [3.63, 3.8) is 0 Å². The first kappa shape index (κ1) is 27.6. The van der Waals surface area contributed by atoms with Gasteiger partial charge in [0.15, 0.2) is 5.78 Å². The Kier molecular flexibility index (Phi) is 7.77. The molecule has 1 aliphatic heterocycles. The van der Waals surface area contributed by atoms with Gasteiger partial charge in [-0.2, -0.15) is 5.10 Å². The van der Waals surface area contributed by atoms with E-state index < -0.39 is 6.10 Å². The number of β-amino-alcohol motifs (C(OH)–C–C–N with tert-alkyl or cyclic N) is 1. The molecule has 0 aliphatic carbocycles. The smallest absolute Gasteiger partial charge is 0.227 e. The Balaban J connectivity index is 1.42. The molecule has 2 N–H and O–H groups in total. The SMILES string of the molecule is C[C@@H](O)CN1CCC(CC(=O)c2cn(C(C)(C)C)nn2)c2ccc(-c3ccnc(Nc4cnn(C)c4)n3)cc2C1. The molecule has 210 valence electrons. The highest BCUT2D eigenvalue weighted by molar-refractivity contribution is 5.94. The van der Waals surface area contributed by atoms with Gasteiger partial charge in [0.1, 0.15) is 5.69 Å². The van der Waals surface area contributed by atoms with Crippen LogP contribution in [0.25, 0.3) is 11.3 Å². The van der Waals surface area contributed by atoms with E-state index >= 15 is 0 Å². The second kappa shape index (κ2) is 11.3. The first-order valence-corrected chi connectivity index (χ1v) is 13.6. The lowest BCUT2D eigenvalue weighted by molar-refractivity contribution is 0.0961. The Morgan fingerprint density at radius 3 is 2.75 bits per heavy atom. The standard InChI is InChI=1S/C29H37N9O2/c1-19(39)15-37-11-9-20(13-27(40)26-18-38(35-34-26)29(2,3)4)24-7-6-21(12-22(24)16-37)25-8-10-30-28(33-25)32-23-14-31-36(5)17-23/h6-8,10,12,14,17-20,39H,9,11,13,15-16H2,1-5H3,(H,30,32,33)/t19-,20?/m1/s1. The summed E-state index contributed by atoms with van der Waals surface area (Å²) in [5, 5.41) is 25.8. The van der Waals surface area contributed by atoms with Crippen LogP contribution < -0.4 is 5.32 Å². The zero-order valence-electron chi connectivity index (χ0n) is 23.7. The normalized spacial score (nSPS) is 16.8. The summed E-state index contributed by atoms with van der Waals surface area (Å²) in [6.45, 7) is 9.93. The molecule has 4 aromatic rings. The van der Waals surface area contributed by atoms with Gasteiger partial charge in [-0.15, -0.1) is 5.10 Å². The molecule has 3 aromatic heterocycles. The van der Waals surface area contributed by atoms with Crippen LogP contribution in [0.2, 0.25) is 0 Å². The third-order valence-electron chi connectivity index (χ3n) is 7.10. The summed E-state index contributed by atoms with van der Waals surface area (Å²) in [6, 6.07) is 8.22. The van der Waals surface area contributed by atoms with Gasteiger partial charge in [0, 0.05) is 44.5 Å². The van der Waals surface area contributed by atoms with Crippen molar-refractivity contribution in [1.29, 1.82) is 0 Å². The van der Waals surface area contributed by atoms with Crippen LogP contribution >= 0.6 is 0 Å². The number of fused-ring (bicyclic) bond motifs is 1. The second-order valence-electron chi connectivity index (χ2n) is 11.6. The predicted octanol–water partition coefficient (Wildman–Crippen LogP) is 3.91. The molecule has 0 spiro atoms. The molecule has 0 fully saturated rings. The number of ketones is 1. The Morgan fingerprint density at radius 2 is 2.05 bits per heavy atom. The molecule has 4 heterocycles. The average Bonchev–Trinajstić information content (AvgIpc) is 3.52. The lowest BCUT2D eigenvalue weighted by atomic mass is 9.87. The van der Waals surface area contributed by atoms with E-state index in [-0.39, 0.29) is 17.2 Å². The van der Waals surface area contributed by atoms with Crippen molar-refractivity contribution >= 4 is 17.4 Å². The second-order valence-corrected chi connectivity index (χ2v) is 11.6. The van der Waals surface area contributed by atoms with Gasteiger partial charge >= 0.3 is 0 Å². The molecule has 0 bridgehead atoms. The highest BCUT2D eigenvalue weighted by atomic mass is 16.3. The number of aromatic nitrogens is 7. The van der Waals surface area contributed by atoms with Crippen molar-refractivity contribution in [3.05, 3.63) is 65.9 Å². The van der Waals surface area contributed by atoms with Gasteiger partial charge in [-0.05, 0) is 69.8 Å². The minimum Gasteiger partial charge on any atom is -0.392 e. The number of Topliss-reactive ketones (excluding diaryl/α,β-unsaturated/α-hetero) is 1. The highest BCUT2D eigenvalue weighted by Crippen LogP contribution is 2.35. The first-order chi connectivity index (χ1) is 19.0. The number of benzene rings is 1. The Hall–Kier alpha value is -3.96. The van der Waals surface area contributed by atoms with Gasteiger partial charge in [0.2, 0.25) is 5.95 Å². The van der Waals surface area contributed by atoms with Crippen LogP contribution in [0.1, 0.15) is 68.1 Å². The number of carbonyl (C=O) groups is 1. The van der Waals surface area contributed by atoms with E-state index in [2.05, 4.69) is 48.8 Å². The molecule has 0 radical (unpaired) electrons. The molecule has 5 rings (SSSR count). The van der Waals surface area contributed by atoms with Crippen LogP contribution in [-0.2, 0) is 19.1 Å². The van der Waals surface area contributed by atoms with E-state index in [4.69, 9.17) is 4.98 Å². The van der Waals surface area contributed by atoms with Gasteiger partial charge in [-0.1, -0.05) is 17.3 Å². The molecule has 11 nitrogen and oxygen atoms in total. The molecular formula is C29H37N9O2. The number of nitrogens with one attached hydrogen (secondary N) is 1. The lowest BCUT2D eigenvalue weighted by Crippen LogP contribution is -2.30. The third-order valence-corrected chi connectivity index (χ3v) is 7.10. The predicted molar refractivity (Wildman–Crippen MR) is 152 cm³/mol. The average molecular weight is 544 g/mol. The lowest BCUT2D eigenvalue weighted by Gasteiger charge is -2.22. The molecule has 0 saturated carbocycles. The number of hydrogen-bond donors (Lipinski definition) is 2. The van der Waals surface area contributed by atoms with E-state index in [1.54, 1.807) is 34.9 Å². The number of hydrogen-bond acceptors (Lipinski definition) is 9. The molecule has 0 saturated heterocycles.